The lowest BCUT2D eigenvalue weighted by molar-refractivity contribution is 1.49. The van der Waals surface area contributed by atoms with Crippen LogP contribution in [-0.2, 0) is 0 Å². The highest BCUT2D eigenvalue weighted by Gasteiger charge is 2.07. The van der Waals surface area contributed by atoms with Gasteiger partial charge in [-0.05, 0) is 38.8 Å². The van der Waals surface area contributed by atoms with Crippen molar-refractivity contribution >= 4 is 61.6 Å². The molecule has 0 saturated carbocycles. The Balaban J connectivity index is 2.94. The molecule has 1 aromatic carbocycles. The molecule has 0 amide bonds. The molecule has 0 fully saturated rings. The lowest BCUT2D eigenvalue weighted by Gasteiger charge is -2.00. The Morgan fingerprint density at radius 1 is 1.50 bits per heavy atom. The van der Waals surface area contributed by atoms with Crippen LogP contribution >= 0.6 is 51.5 Å². The quantitative estimate of drug-likeness (QED) is 0.669. The third-order valence-corrected chi connectivity index (χ3v) is 4.82. The molecule has 2 aromatic rings. The molecule has 0 atom stereocenters. The predicted octanol–water partition coefficient (Wildman–Crippen LogP) is 4.61. The van der Waals surface area contributed by atoms with Crippen LogP contribution < -0.4 is 0 Å². The van der Waals surface area contributed by atoms with Gasteiger partial charge in [0.25, 0.3) is 0 Å². The van der Waals surface area contributed by atoms with E-state index in [2.05, 4.69) is 28.6 Å². The van der Waals surface area contributed by atoms with Crippen LogP contribution in [0.5, 0.6) is 0 Å². The molecule has 0 aliphatic rings. The predicted molar refractivity (Wildman–Crippen MR) is 61.8 cm³/mol. The van der Waals surface area contributed by atoms with Crippen molar-refractivity contribution in [3.05, 3.63) is 27.0 Å². The van der Waals surface area contributed by atoms with Crippen molar-refractivity contribution < 1.29 is 0 Å². The molecule has 12 heavy (non-hydrogen) atoms. The van der Waals surface area contributed by atoms with Gasteiger partial charge in [0.2, 0.25) is 0 Å². The molecule has 0 spiro atoms. The molecule has 0 aliphatic carbocycles. The number of hydrogen-bond donors (Lipinski definition) is 1. The molecule has 1 heterocycles. The number of thiol groups is 1. The highest BCUT2D eigenvalue weighted by atomic mass is 79.9. The summed E-state index contributed by atoms with van der Waals surface area (Å²) >= 11 is 15.4. The first-order valence-electron chi connectivity index (χ1n) is 3.24. The van der Waals surface area contributed by atoms with Gasteiger partial charge in [-0.2, -0.15) is 0 Å². The van der Waals surface area contributed by atoms with Crippen LogP contribution in [0.1, 0.15) is 0 Å². The molecule has 62 valence electrons. The Hall–Kier alpha value is 0.300. The number of halogens is 2. The summed E-state index contributed by atoms with van der Waals surface area (Å²) in [5.41, 5.74) is 0. The van der Waals surface area contributed by atoms with Crippen LogP contribution in [0, 0.1) is 0 Å². The summed E-state index contributed by atoms with van der Waals surface area (Å²) in [4.78, 5) is 0.812. The van der Waals surface area contributed by atoms with E-state index in [1.807, 2.05) is 17.5 Å². The molecule has 0 N–H and O–H groups in total. The smallest absolute Gasteiger partial charge is 0.0557 e. The van der Waals surface area contributed by atoms with Gasteiger partial charge in [-0.1, -0.05) is 11.6 Å². The van der Waals surface area contributed by atoms with Gasteiger partial charge in [0.1, 0.15) is 0 Å². The molecular weight excluding hydrogens is 276 g/mol. The Morgan fingerprint density at radius 3 is 3.00 bits per heavy atom. The van der Waals surface area contributed by atoms with Crippen molar-refractivity contribution in [1.82, 2.24) is 0 Å². The van der Waals surface area contributed by atoms with E-state index in [1.165, 1.54) is 4.70 Å². The minimum Gasteiger partial charge on any atom is -0.143 e. The third kappa shape index (κ3) is 1.29. The lowest BCUT2D eigenvalue weighted by Crippen LogP contribution is -1.73. The number of rotatable bonds is 0. The van der Waals surface area contributed by atoms with E-state index in [1.54, 1.807) is 11.3 Å². The average Bonchev–Trinajstić information content (AvgIpc) is 2.48. The minimum absolute atomic E-state index is 0.691. The minimum atomic E-state index is 0.691. The van der Waals surface area contributed by atoms with Gasteiger partial charge in [-0.25, -0.2) is 0 Å². The summed E-state index contributed by atoms with van der Waals surface area (Å²) in [6.07, 6.45) is 0. The van der Waals surface area contributed by atoms with E-state index in [0.717, 1.165) is 14.8 Å². The van der Waals surface area contributed by atoms with Crippen molar-refractivity contribution in [2.24, 2.45) is 0 Å². The molecule has 0 unspecified atom stereocenters. The molecule has 2 rings (SSSR count). The first-order chi connectivity index (χ1) is 5.70. The van der Waals surface area contributed by atoms with Gasteiger partial charge in [0, 0.05) is 9.60 Å². The highest BCUT2D eigenvalue weighted by molar-refractivity contribution is 9.10. The number of benzene rings is 1. The van der Waals surface area contributed by atoms with E-state index in [0.29, 0.717) is 5.02 Å². The molecule has 0 saturated heterocycles. The fourth-order valence-corrected chi connectivity index (χ4v) is 3.15. The first kappa shape index (κ1) is 8.88. The maximum absolute atomic E-state index is 5.95. The second kappa shape index (κ2) is 3.22. The molecule has 0 bridgehead atoms. The van der Waals surface area contributed by atoms with Crippen LogP contribution in [-0.4, -0.2) is 0 Å². The Bertz CT molecular complexity index is 436. The Morgan fingerprint density at radius 2 is 2.25 bits per heavy atom. The lowest BCUT2D eigenvalue weighted by atomic mass is 10.3. The fraction of sp³-hybridized carbons (Fsp3) is 0. The maximum Gasteiger partial charge on any atom is 0.0557 e. The average molecular weight is 280 g/mol. The van der Waals surface area contributed by atoms with Gasteiger partial charge >= 0.3 is 0 Å². The van der Waals surface area contributed by atoms with Gasteiger partial charge in [-0.15, -0.1) is 24.0 Å². The van der Waals surface area contributed by atoms with Gasteiger partial charge in [-0.3, -0.25) is 0 Å². The summed E-state index contributed by atoms with van der Waals surface area (Å²) in [7, 11) is 0. The Kier molecular flexibility index (Phi) is 2.38. The van der Waals surface area contributed by atoms with E-state index in [4.69, 9.17) is 11.6 Å². The highest BCUT2D eigenvalue weighted by Crippen LogP contribution is 2.38. The SMILES string of the molecule is Sc1c(Cl)cc2ccsc2c1Br. The standard InChI is InChI=1S/C8H4BrClS2/c9-6-7(11)5(10)3-4-1-2-12-8(4)6/h1-3,11H. The summed E-state index contributed by atoms with van der Waals surface area (Å²) in [6, 6.07) is 3.98. The van der Waals surface area contributed by atoms with Crippen LogP contribution in [0.4, 0.5) is 0 Å². The zero-order chi connectivity index (χ0) is 8.72. The fourth-order valence-electron chi connectivity index (χ4n) is 1.03. The summed E-state index contributed by atoms with van der Waals surface area (Å²) in [6.45, 7) is 0. The maximum atomic E-state index is 5.95. The topological polar surface area (TPSA) is 0 Å². The molecule has 1 aromatic heterocycles. The van der Waals surface area contributed by atoms with Gasteiger partial charge < -0.3 is 0 Å². The van der Waals surface area contributed by atoms with Crippen molar-refractivity contribution in [3.8, 4) is 0 Å². The van der Waals surface area contributed by atoms with Crippen LogP contribution in [0.25, 0.3) is 10.1 Å². The van der Waals surface area contributed by atoms with Gasteiger partial charge in [0.15, 0.2) is 0 Å². The summed E-state index contributed by atoms with van der Waals surface area (Å²) in [5, 5.41) is 3.89. The number of thiophene rings is 1. The molecule has 4 heteroatoms. The van der Waals surface area contributed by atoms with Crippen LogP contribution in [0.2, 0.25) is 5.02 Å². The molecule has 0 radical (unpaired) electrons. The van der Waals surface area contributed by atoms with Crippen molar-refractivity contribution in [1.29, 1.82) is 0 Å². The molecule has 0 nitrogen and oxygen atoms in total. The zero-order valence-electron chi connectivity index (χ0n) is 5.84. The first-order valence-corrected chi connectivity index (χ1v) is 5.74. The second-order valence-electron chi connectivity index (χ2n) is 2.36. The van der Waals surface area contributed by atoms with E-state index in [9.17, 15) is 0 Å². The van der Waals surface area contributed by atoms with Crippen molar-refractivity contribution in [2.75, 3.05) is 0 Å². The second-order valence-corrected chi connectivity index (χ2v) is 4.92. The largest absolute Gasteiger partial charge is 0.143 e. The van der Waals surface area contributed by atoms with Crippen LogP contribution in [0.3, 0.4) is 0 Å². The number of fused-ring (bicyclic) bond motifs is 1. The normalized spacial score (nSPS) is 10.9. The van der Waals surface area contributed by atoms with E-state index < -0.39 is 0 Å². The molecular formula is C8H4BrClS2. The molecule has 0 aliphatic heterocycles. The van der Waals surface area contributed by atoms with Crippen molar-refractivity contribution in [3.63, 3.8) is 0 Å². The Labute approximate surface area is 93.1 Å². The van der Waals surface area contributed by atoms with Crippen LogP contribution in [0.15, 0.2) is 26.9 Å². The summed E-state index contributed by atoms with van der Waals surface area (Å²) < 4.78 is 2.19. The van der Waals surface area contributed by atoms with Crippen molar-refractivity contribution in [2.45, 2.75) is 4.90 Å². The third-order valence-electron chi connectivity index (χ3n) is 1.61. The van der Waals surface area contributed by atoms with Gasteiger partial charge in [0.05, 0.1) is 9.50 Å². The van der Waals surface area contributed by atoms with E-state index >= 15 is 0 Å². The monoisotopic (exact) mass is 278 g/mol. The van der Waals surface area contributed by atoms with E-state index in [-0.39, 0.29) is 0 Å². The zero-order valence-corrected chi connectivity index (χ0v) is 9.90. The summed E-state index contributed by atoms with van der Waals surface area (Å²) in [5.74, 6) is 0. The number of hydrogen-bond acceptors (Lipinski definition) is 2.